The molecule has 0 aliphatic carbocycles. The average molecular weight is 443 g/mol. The third-order valence-corrected chi connectivity index (χ3v) is 4.29. The lowest BCUT2D eigenvalue weighted by atomic mass is 10.2. The van der Waals surface area contributed by atoms with Crippen molar-refractivity contribution in [3.63, 3.8) is 0 Å². The lowest BCUT2D eigenvalue weighted by molar-refractivity contribution is 0.0953. The van der Waals surface area contributed by atoms with Crippen LogP contribution in [0.1, 0.15) is 16.2 Å². The molecule has 3 aromatic rings. The number of halogens is 1. The van der Waals surface area contributed by atoms with Crippen LogP contribution in [0.3, 0.4) is 0 Å². The van der Waals surface area contributed by atoms with Gasteiger partial charge < -0.3 is 20.4 Å². The Labute approximate surface area is 170 Å². The molecule has 3 N–H and O–H groups in total. The van der Waals surface area contributed by atoms with Crippen molar-refractivity contribution in [1.29, 1.82) is 0 Å². The zero-order valence-electron chi connectivity index (χ0n) is 14.9. The van der Waals surface area contributed by atoms with Gasteiger partial charge in [0.1, 0.15) is 0 Å². The summed E-state index contributed by atoms with van der Waals surface area (Å²) < 4.78 is 6.45. The molecule has 8 heteroatoms. The standard InChI is InChI=1S/C20H19BrN4O3/c21-16-8-4-7-15(11-16)19(26)22-9-10-23-20(27)25-13-18-24-12-17(28-18)14-5-2-1-3-6-14/h1-8,11-12H,9-10,13H2,(H,22,26)(H2,23,25,27). The van der Waals surface area contributed by atoms with Crippen molar-refractivity contribution in [2.75, 3.05) is 13.1 Å². The lowest BCUT2D eigenvalue weighted by Crippen LogP contribution is -2.40. The van der Waals surface area contributed by atoms with Crippen molar-refractivity contribution in [3.05, 3.63) is 76.7 Å². The van der Waals surface area contributed by atoms with Gasteiger partial charge in [-0.15, -0.1) is 0 Å². The first-order valence-corrected chi connectivity index (χ1v) is 9.47. The van der Waals surface area contributed by atoms with E-state index in [0.29, 0.717) is 30.3 Å². The van der Waals surface area contributed by atoms with Crippen LogP contribution in [0.2, 0.25) is 0 Å². The summed E-state index contributed by atoms with van der Waals surface area (Å²) in [5.41, 5.74) is 1.48. The number of amides is 3. The lowest BCUT2D eigenvalue weighted by Gasteiger charge is -2.08. The van der Waals surface area contributed by atoms with E-state index in [-0.39, 0.29) is 18.5 Å². The van der Waals surface area contributed by atoms with Crippen LogP contribution in [0.5, 0.6) is 0 Å². The third-order valence-electron chi connectivity index (χ3n) is 3.79. The minimum absolute atomic E-state index is 0.170. The molecule has 0 aliphatic rings. The minimum Gasteiger partial charge on any atom is -0.439 e. The molecular formula is C20H19BrN4O3. The van der Waals surface area contributed by atoms with E-state index in [1.54, 1.807) is 24.4 Å². The second kappa shape index (κ2) is 9.70. The number of hydrogen-bond acceptors (Lipinski definition) is 4. The van der Waals surface area contributed by atoms with E-state index in [0.717, 1.165) is 10.0 Å². The molecule has 0 saturated heterocycles. The molecule has 0 unspecified atom stereocenters. The number of nitrogens with zero attached hydrogens (tertiary/aromatic N) is 1. The summed E-state index contributed by atoms with van der Waals surface area (Å²) in [5, 5.41) is 8.08. The van der Waals surface area contributed by atoms with E-state index in [9.17, 15) is 9.59 Å². The molecular weight excluding hydrogens is 424 g/mol. The molecule has 0 radical (unpaired) electrons. The fourth-order valence-corrected chi connectivity index (χ4v) is 2.83. The largest absolute Gasteiger partial charge is 0.439 e. The number of oxazole rings is 1. The first kappa shape index (κ1) is 19.6. The Bertz CT molecular complexity index is 943. The first-order chi connectivity index (χ1) is 13.6. The predicted octanol–water partition coefficient (Wildman–Crippen LogP) is 3.33. The van der Waals surface area contributed by atoms with Crippen molar-refractivity contribution in [2.45, 2.75) is 6.54 Å². The number of nitrogens with one attached hydrogen (secondary N) is 3. The van der Waals surface area contributed by atoms with Crippen molar-refractivity contribution >= 4 is 27.9 Å². The molecule has 1 heterocycles. The molecule has 0 aliphatic heterocycles. The smallest absolute Gasteiger partial charge is 0.315 e. The number of carbonyl (C=O) groups excluding carboxylic acids is 2. The number of hydrogen-bond donors (Lipinski definition) is 3. The minimum atomic E-state index is -0.365. The van der Waals surface area contributed by atoms with Gasteiger partial charge in [0, 0.05) is 28.7 Å². The van der Waals surface area contributed by atoms with E-state index in [4.69, 9.17) is 4.42 Å². The highest BCUT2D eigenvalue weighted by Crippen LogP contribution is 2.19. The molecule has 0 spiro atoms. The van der Waals surface area contributed by atoms with Crippen LogP contribution in [0.15, 0.2) is 69.7 Å². The summed E-state index contributed by atoms with van der Waals surface area (Å²) in [6, 6.07) is 16.3. The van der Waals surface area contributed by atoms with E-state index < -0.39 is 0 Å². The van der Waals surface area contributed by atoms with Gasteiger partial charge >= 0.3 is 6.03 Å². The van der Waals surface area contributed by atoms with Crippen molar-refractivity contribution in [1.82, 2.24) is 20.9 Å². The van der Waals surface area contributed by atoms with Crippen molar-refractivity contribution in [3.8, 4) is 11.3 Å². The van der Waals surface area contributed by atoms with E-state index >= 15 is 0 Å². The average Bonchev–Trinajstić information content (AvgIpc) is 3.19. The maximum Gasteiger partial charge on any atom is 0.315 e. The molecule has 3 amide bonds. The first-order valence-electron chi connectivity index (χ1n) is 8.67. The van der Waals surface area contributed by atoms with Gasteiger partial charge in [-0.25, -0.2) is 9.78 Å². The van der Waals surface area contributed by atoms with Crippen molar-refractivity contribution < 1.29 is 14.0 Å². The van der Waals surface area contributed by atoms with Crippen LogP contribution < -0.4 is 16.0 Å². The number of aromatic nitrogens is 1. The Morgan fingerprint density at radius 1 is 0.964 bits per heavy atom. The van der Waals surface area contributed by atoms with Gasteiger partial charge in [-0.05, 0) is 18.2 Å². The highest BCUT2D eigenvalue weighted by molar-refractivity contribution is 9.10. The Morgan fingerprint density at radius 2 is 1.75 bits per heavy atom. The van der Waals surface area contributed by atoms with Crippen LogP contribution >= 0.6 is 15.9 Å². The molecule has 144 valence electrons. The highest BCUT2D eigenvalue weighted by Gasteiger charge is 2.08. The van der Waals surface area contributed by atoms with E-state index in [2.05, 4.69) is 36.9 Å². The quantitative estimate of drug-likeness (QED) is 0.488. The number of rotatable bonds is 7. The fraction of sp³-hybridized carbons (Fsp3) is 0.150. The van der Waals surface area contributed by atoms with Crippen LogP contribution in [-0.4, -0.2) is 30.0 Å². The second-order valence-electron chi connectivity index (χ2n) is 5.86. The zero-order chi connectivity index (χ0) is 19.8. The molecule has 3 rings (SSSR count). The molecule has 2 aromatic carbocycles. The van der Waals surface area contributed by atoms with E-state index in [1.807, 2.05) is 36.4 Å². The fourth-order valence-electron chi connectivity index (χ4n) is 2.43. The van der Waals surface area contributed by atoms with Crippen LogP contribution in [0, 0.1) is 0 Å². The maximum absolute atomic E-state index is 12.0. The number of carbonyl (C=O) groups is 2. The predicted molar refractivity (Wildman–Crippen MR) is 109 cm³/mol. The Hall–Kier alpha value is -3.13. The van der Waals surface area contributed by atoms with Gasteiger partial charge in [0.15, 0.2) is 5.76 Å². The molecule has 28 heavy (non-hydrogen) atoms. The summed E-state index contributed by atoms with van der Waals surface area (Å²) in [7, 11) is 0. The van der Waals surface area contributed by atoms with Crippen LogP contribution in [0.4, 0.5) is 4.79 Å². The zero-order valence-corrected chi connectivity index (χ0v) is 16.5. The summed E-state index contributed by atoms with van der Waals surface area (Å²) in [4.78, 5) is 28.0. The molecule has 7 nitrogen and oxygen atoms in total. The topological polar surface area (TPSA) is 96.3 Å². The number of urea groups is 1. The summed E-state index contributed by atoms with van der Waals surface area (Å²) in [6.07, 6.45) is 1.63. The molecule has 0 bridgehead atoms. The Morgan fingerprint density at radius 3 is 2.54 bits per heavy atom. The van der Waals surface area contributed by atoms with Crippen molar-refractivity contribution in [2.24, 2.45) is 0 Å². The summed E-state index contributed by atoms with van der Waals surface area (Å²) in [5.74, 6) is 0.863. The molecule has 0 fully saturated rings. The van der Waals surface area contributed by atoms with Gasteiger partial charge in [0.25, 0.3) is 5.91 Å². The van der Waals surface area contributed by atoms with Gasteiger partial charge in [0.05, 0.1) is 12.7 Å². The monoisotopic (exact) mass is 442 g/mol. The molecule has 0 saturated carbocycles. The van der Waals surface area contributed by atoms with Gasteiger partial charge in [0.2, 0.25) is 5.89 Å². The summed E-state index contributed by atoms with van der Waals surface area (Å²) in [6.45, 7) is 0.783. The maximum atomic E-state index is 12.0. The number of benzene rings is 2. The Balaban J connectivity index is 1.36. The van der Waals surface area contributed by atoms with Gasteiger partial charge in [-0.3, -0.25) is 4.79 Å². The van der Waals surface area contributed by atoms with E-state index in [1.165, 1.54) is 0 Å². The third kappa shape index (κ3) is 5.68. The van der Waals surface area contributed by atoms with Gasteiger partial charge in [-0.1, -0.05) is 52.3 Å². The SMILES string of the molecule is O=C(NCCNC(=O)c1cccc(Br)c1)NCc1ncc(-c2ccccc2)o1. The van der Waals surface area contributed by atoms with Crippen LogP contribution in [0.25, 0.3) is 11.3 Å². The van der Waals surface area contributed by atoms with Gasteiger partial charge in [-0.2, -0.15) is 0 Å². The highest BCUT2D eigenvalue weighted by atomic mass is 79.9. The molecule has 1 aromatic heterocycles. The molecule has 0 atom stereocenters. The Kier molecular flexibility index (Phi) is 6.80. The summed E-state index contributed by atoms with van der Waals surface area (Å²) >= 11 is 3.32. The normalized spacial score (nSPS) is 10.3. The second-order valence-corrected chi connectivity index (χ2v) is 6.78. The van der Waals surface area contributed by atoms with Crippen LogP contribution in [-0.2, 0) is 6.54 Å².